The van der Waals surface area contributed by atoms with Crippen molar-refractivity contribution in [3.63, 3.8) is 0 Å². The molecular weight excluding hydrogens is 370 g/mol. The number of amides is 3. The zero-order chi connectivity index (χ0) is 21.4. The van der Waals surface area contributed by atoms with Crippen molar-refractivity contribution in [1.82, 2.24) is 15.5 Å². The molecule has 0 bridgehead atoms. The van der Waals surface area contributed by atoms with E-state index in [-0.39, 0.29) is 36.3 Å². The Balaban J connectivity index is 2.10. The predicted molar refractivity (Wildman–Crippen MR) is 112 cm³/mol. The summed E-state index contributed by atoms with van der Waals surface area (Å²) in [6.45, 7) is 7.05. The zero-order valence-corrected chi connectivity index (χ0v) is 17.9. The molecule has 1 saturated heterocycles. The van der Waals surface area contributed by atoms with Gasteiger partial charge in [0.2, 0.25) is 11.8 Å². The molecule has 1 aromatic rings. The van der Waals surface area contributed by atoms with E-state index < -0.39 is 6.04 Å². The highest BCUT2D eigenvalue weighted by Gasteiger charge is 2.34. The number of methoxy groups -OCH3 is 1. The lowest BCUT2D eigenvalue weighted by Crippen LogP contribution is -2.55. The van der Waals surface area contributed by atoms with Crippen LogP contribution < -0.4 is 10.6 Å². The number of hydrogen-bond acceptors (Lipinski definition) is 4. The summed E-state index contributed by atoms with van der Waals surface area (Å²) in [5.41, 5.74) is 1.53. The standard InChI is InChI=1S/C22H33N3O4/c1-5-16(3)23-22(28)20(24-21(27)18-8-6-7-15(2)13-18)17-9-11-25(12-10-17)19(26)14-29-4/h6-8,13,16-17,20H,5,9-12,14H2,1-4H3,(H,23,28)(H,24,27). The van der Waals surface area contributed by atoms with E-state index in [2.05, 4.69) is 10.6 Å². The van der Waals surface area contributed by atoms with Gasteiger partial charge in [-0.3, -0.25) is 14.4 Å². The molecule has 1 aliphatic heterocycles. The van der Waals surface area contributed by atoms with Gasteiger partial charge in [-0.15, -0.1) is 0 Å². The zero-order valence-electron chi connectivity index (χ0n) is 17.9. The first-order valence-corrected chi connectivity index (χ1v) is 10.3. The number of rotatable bonds is 8. The van der Waals surface area contributed by atoms with E-state index in [1.807, 2.05) is 39.0 Å². The number of carbonyl (C=O) groups is 3. The molecule has 1 aliphatic rings. The number of likely N-dealkylation sites (tertiary alicyclic amines) is 1. The van der Waals surface area contributed by atoms with E-state index >= 15 is 0 Å². The number of ether oxygens (including phenoxy) is 1. The van der Waals surface area contributed by atoms with Crippen molar-refractivity contribution >= 4 is 17.7 Å². The summed E-state index contributed by atoms with van der Waals surface area (Å²) in [6.07, 6.45) is 2.12. The van der Waals surface area contributed by atoms with Crippen LogP contribution in [0.5, 0.6) is 0 Å². The molecule has 1 aromatic carbocycles. The molecule has 0 spiro atoms. The monoisotopic (exact) mass is 403 g/mol. The second kappa shape index (κ2) is 11.0. The van der Waals surface area contributed by atoms with Crippen LogP contribution in [0, 0.1) is 12.8 Å². The minimum atomic E-state index is -0.628. The van der Waals surface area contributed by atoms with Crippen LogP contribution in [-0.4, -0.2) is 61.5 Å². The largest absolute Gasteiger partial charge is 0.375 e. The molecule has 29 heavy (non-hydrogen) atoms. The summed E-state index contributed by atoms with van der Waals surface area (Å²) in [6, 6.07) is 6.72. The molecule has 160 valence electrons. The maximum absolute atomic E-state index is 12.9. The fourth-order valence-corrected chi connectivity index (χ4v) is 3.54. The summed E-state index contributed by atoms with van der Waals surface area (Å²) in [4.78, 5) is 39.5. The highest BCUT2D eigenvalue weighted by molar-refractivity contribution is 5.97. The minimum Gasteiger partial charge on any atom is -0.375 e. The van der Waals surface area contributed by atoms with Gasteiger partial charge in [-0.25, -0.2) is 0 Å². The molecule has 0 aromatic heterocycles. The SMILES string of the molecule is CCC(C)NC(=O)C(NC(=O)c1cccc(C)c1)C1CCN(C(=O)COC)CC1. The Bertz CT molecular complexity index is 714. The number of benzene rings is 1. The number of hydrogen-bond donors (Lipinski definition) is 2. The molecule has 2 rings (SSSR count). The summed E-state index contributed by atoms with van der Waals surface area (Å²) >= 11 is 0. The molecule has 1 fully saturated rings. The van der Waals surface area contributed by atoms with Crippen molar-refractivity contribution in [2.24, 2.45) is 5.92 Å². The van der Waals surface area contributed by atoms with Gasteiger partial charge < -0.3 is 20.3 Å². The van der Waals surface area contributed by atoms with Crippen LogP contribution in [-0.2, 0) is 14.3 Å². The number of carbonyl (C=O) groups excluding carboxylic acids is 3. The van der Waals surface area contributed by atoms with Gasteiger partial charge in [0.1, 0.15) is 12.6 Å². The molecule has 2 atom stereocenters. The molecule has 7 heteroatoms. The van der Waals surface area contributed by atoms with Crippen molar-refractivity contribution in [2.45, 2.75) is 52.1 Å². The molecule has 2 unspecified atom stereocenters. The number of aryl methyl sites for hydroxylation is 1. The Labute approximate surface area is 173 Å². The normalized spacial score (nSPS) is 16.8. The van der Waals surface area contributed by atoms with Crippen LogP contribution in [0.1, 0.15) is 49.0 Å². The Morgan fingerprint density at radius 2 is 1.90 bits per heavy atom. The van der Waals surface area contributed by atoms with Gasteiger partial charge in [-0.05, 0) is 51.2 Å². The lowest BCUT2D eigenvalue weighted by Gasteiger charge is -2.36. The first kappa shape index (κ1) is 22.9. The number of piperidine rings is 1. The average molecular weight is 404 g/mol. The summed E-state index contributed by atoms with van der Waals surface area (Å²) in [7, 11) is 1.50. The van der Waals surface area contributed by atoms with Gasteiger partial charge in [0.05, 0.1) is 0 Å². The van der Waals surface area contributed by atoms with Gasteiger partial charge in [0.15, 0.2) is 0 Å². The van der Waals surface area contributed by atoms with E-state index in [1.165, 1.54) is 7.11 Å². The van der Waals surface area contributed by atoms with E-state index in [9.17, 15) is 14.4 Å². The molecule has 1 heterocycles. The predicted octanol–water partition coefficient (Wildman–Crippen LogP) is 1.89. The fraction of sp³-hybridized carbons (Fsp3) is 0.591. The maximum atomic E-state index is 12.9. The highest BCUT2D eigenvalue weighted by atomic mass is 16.5. The molecule has 2 N–H and O–H groups in total. The molecule has 0 radical (unpaired) electrons. The van der Waals surface area contributed by atoms with Crippen LogP contribution >= 0.6 is 0 Å². The van der Waals surface area contributed by atoms with Crippen molar-refractivity contribution in [3.05, 3.63) is 35.4 Å². The van der Waals surface area contributed by atoms with Crippen LogP contribution in [0.2, 0.25) is 0 Å². The third-order valence-corrected chi connectivity index (χ3v) is 5.48. The smallest absolute Gasteiger partial charge is 0.251 e. The van der Waals surface area contributed by atoms with Gasteiger partial charge in [-0.1, -0.05) is 24.6 Å². The summed E-state index contributed by atoms with van der Waals surface area (Å²) in [5.74, 6) is -0.493. The Hall–Kier alpha value is -2.41. The van der Waals surface area contributed by atoms with Crippen molar-refractivity contribution in [3.8, 4) is 0 Å². The van der Waals surface area contributed by atoms with Crippen LogP contribution in [0.3, 0.4) is 0 Å². The van der Waals surface area contributed by atoms with Crippen LogP contribution in [0.15, 0.2) is 24.3 Å². The van der Waals surface area contributed by atoms with E-state index in [0.29, 0.717) is 31.5 Å². The van der Waals surface area contributed by atoms with Gasteiger partial charge in [0.25, 0.3) is 5.91 Å². The highest BCUT2D eigenvalue weighted by Crippen LogP contribution is 2.22. The number of nitrogens with one attached hydrogen (secondary N) is 2. The molecule has 0 aliphatic carbocycles. The Morgan fingerprint density at radius 3 is 2.48 bits per heavy atom. The molecule has 3 amide bonds. The van der Waals surface area contributed by atoms with E-state index in [1.54, 1.807) is 11.0 Å². The van der Waals surface area contributed by atoms with Gasteiger partial charge >= 0.3 is 0 Å². The third-order valence-electron chi connectivity index (χ3n) is 5.48. The molecule has 0 saturated carbocycles. The second-order valence-electron chi connectivity index (χ2n) is 7.79. The topological polar surface area (TPSA) is 87.7 Å². The lowest BCUT2D eigenvalue weighted by molar-refractivity contribution is -0.136. The first-order valence-electron chi connectivity index (χ1n) is 10.3. The van der Waals surface area contributed by atoms with Crippen LogP contribution in [0.25, 0.3) is 0 Å². The summed E-state index contributed by atoms with van der Waals surface area (Å²) in [5, 5.41) is 5.94. The Kier molecular flexibility index (Phi) is 8.64. The summed E-state index contributed by atoms with van der Waals surface area (Å²) < 4.78 is 4.92. The average Bonchev–Trinajstić information content (AvgIpc) is 2.72. The minimum absolute atomic E-state index is 0.0283. The molecule has 7 nitrogen and oxygen atoms in total. The third kappa shape index (κ3) is 6.56. The molecular formula is C22H33N3O4. The van der Waals surface area contributed by atoms with E-state index in [4.69, 9.17) is 4.74 Å². The second-order valence-corrected chi connectivity index (χ2v) is 7.79. The fourth-order valence-electron chi connectivity index (χ4n) is 3.54. The quantitative estimate of drug-likeness (QED) is 0.694. The first-order chi connectivity index (χ1) is 13.8. The maximum Gasteiger partial charge on any atom is 0.251 e. The Morgan fingerprint density at radius 1 is 1.21 bits per heavy atom. The lowest BCUT2D eigenvalue weighted by atomic mass is 9.88. The number of nitrogens with zero attached hydrogens (tertiary/aromatic N) is 1. The van der Waals surface area contributed by atoms with Crippen molar-refractivity contribution < 1.29 is 19.1 Å². The van der Waals surface area contributed by atoms with Gasteiger partial charge in [-0.2, -0.15) is 0 Å². The van der Waals surface area contributed by atoms with Gasteiger partial charge in [0, 0.05) is 31.8 Å². The van der Waals surface area contributed by atoms with Crippen LogP contribution in [0.4, 0.5) is 0 Å². The van der Waals surface area contributed by atoms with E-state index in [0.717, 1.165) is 12.0 Å². The van der Waals surface area contributed by atoms with Crippen molar-refractivity contribution in [1.29, 1.82) is 0 Å². The van der Waals surface area contributed by atoms with Crippen molar-refractivity contribution in [2.75, 3.05) is 26.8 Å².